The fourth-order valence-corrected chi connectivity index (χ4v) is 6.37. The highest BCUT2D eigenvalue weighted by Crippen LogP contribution is 2.55. The summed E-state index contributed by atoms with van der Waals surface area (Å²) in [5, 5.41) is 2.78. The molecule has 0 fully saturated rings. The molecule has 2 aromatic carbocycles. The number of nitrogens with one attached hydrogen (secondary N) is 1. The van der Waals surface area contributed by atoms with Gasteiger partial charge in [0.1, 0.15) is 22.5 Å². The van der Waals surface area contributed by atoms with Gasteiger partial charge >= 0.3 is 17.9 Å². The maximum Gasteiger partial charge on any atom is 0.345 e. The molecule has 0 aliphatic carbocycles. The van der Waals surface area contributed by atoms with E-state index in [4.69, 9.17) is 19.9 Å². The summed E-state index contributed by atoms with van der Waals surface area (Å²) in [6.45, 7) is 0.603. The topological polar surface area (TPSA) is 134 Å². The van der Waals surface area contributed by atoms with Crippen LogP contribution in [0.4, 0.5) is 0 Å². The van der Waals surface area contributed by atoms with E-state index >= 15 is 0 Å². The first-order valence-electron chi connectivity index (χ1n) is 11.9. The number of unbranched alkanes of at least 4 members (excludes halogenated alkanes) is 1. The summed E-state index contributed by atoms with van der Waals surface area (Å²) in [4.78, 5) is 50.4. The van der Waals surface area contributed by atoms with Crippen molar-refractivity contribution in [2.24, 2.45) is 5.73 Å². The van der Waals surface area contributed by atoms with Crippen molar-refractivity contribution in [2.45, 2.75) is 36.5 Å². The average molecular weight is 559 g/mol. The molecule has 38 heavy (non-hydrogen) atoms. The molecule has 0 spiro atoms. The molecule has 0 saturated heterocycles. The van der Waals surface area contributed by atoms with Crippen LogP contribution in [0.3, 0.4) is 0 Å². The number of hydrogen-bond acceptors (Lipinski definition) is 10. The van der Waals surface area contributed by atoms with E-state index in [1.807, 2.05) is 30.3 Å². The zero-order chi connectivity index (χ0) is 27.5. The van der Waals surface area contributed by atoms with Gasteiger partial charge in [-0.15, -0.1) is 0 Å². The Morgan fingerprint density at radius 2 is 1.50 bits per heavy atom. The summed E-state index contributed by atoms with van der Waals surface area (Å²) in [6.07, 6.45) is 1.79. The van der Waals surface area contributed by atoms with E-state index in [2.05, 4.69) is 5.32 Å². The van der Waals surface area contributed by atoms with Gasteiger partial charge in [0, 0.05) is 5.56 Å². The van der Waals surface area contributed by atoms with Crippen molar-refractivity contribution in [1.82, 2.24) is 5.32 Å². The Bertz CT molecular complexity index is 1140. The Labute approximate surface area is 229 Å². The van der Waals surface area contributed by atoms with E-state index in [1.54, 1.807) is 24.3 Å². The fraction of sp³-hybridized carbons (Fsp3) is 0.333. The largest absolute Gasteiger partial charge is 0.465 e. The van der Waals surface area contributed by atoms with Gasteiger partial charge in [-0.2, -0.15) is 0 Å². The summed E-state index contributed by atoms with van der Waals surface area (Å²) in [7, 11) is 2.49. The minimum Gasteiger partial charge on any atom is -0.465 e. The molecule has 3 rings (SSSR count). The maximum absolute atomic E-state index is 13.0. The third-order valence-electron chi connectivity index (χ3n) is 5.60. The molecule has 1 amide bonds. The van der Waals surface area contributed by atoms with Gasteiger partial charge in [-0.3, -0.25) is 4.79 Å². The van der Waals surface area contributed by atoms with Crippen molar-refractivity contribution in [3.8, 4) is 0 Å². The van der Waals surface area contributed by atoms with Crippen LogP contribution in [-0.4, -0.2) is 50.6 Å². The molecular weight excluding hydrogens is 528 g/mol. The van der Waals surface area contributed by atoms with E-state index < -0.39 is 29.9 Å². The van der Waals surface area contributed by atoms with Gasteiger partial charge < -0.3 is 25.3 Å². The van der Waals surface area contributed by atoms with Crippen LogP contribution in [0.2, 0.25) is 0 Å². The Morgan fingerprint density at radius 3 is 2.05 bits per heavy atom. The Balaban J connectivity index is 1.65. The highest BCUT2D eigenvalue weighted by molar-refractivity contribution is 8.23. The molecule has 0 saturated carbocycles. The number of methoxy groups -OCH3 is 2. The minimum absolute atomic E-state index is 0.115. The normalized spacial score (nSPS) is 14.1. The second kappa shape index (κ2) is 14.6. The molecule has 9 nitrogen and oxygen atoms in total. The van der Waals surface area contributed by atoms with Gasteiger partial charge in [0.2, 0.25) is 0 Å². The molecule has 1 aliphatic rings. The lowest BCUT2D eigenvalue weighted by molar-refractivity contribution is -0.147. The number of carbonyl (C=O) groups is 4. The van der Waals surface area contributed by atoms with Crippen LogP contribution in [-0.2, 0) is 35.2 Å². The van der Waals surface area contributed by atoms with E-state index in [1.165, 1.54) is 37.7 Å². The molecule has 0 bridgehead atoms. The molecule has 2 aromatic rings. The van der Waals surface area contributed by atoms with Crippen molar-refractivity contribution >= 4 is 47.3 Å². The molecule has 0 unspecified atom stereocenters. The second-order valence-electron chi connectivity index (χ2n) is 8.23. The molecule has 0 aromatic heterocycles. The van der Waals surface area contributed by atoms with E-state index in [0.717, 1.165) is 17.5 Å². The van der Waals surface area contributed by atoms with Crippen LogP contribution in [0.15, 0.2) is 64.4 Å². The Kier molecular flexibility index (Phi) is 11.3. The Hall–Kier alpha value is -3.28. The predicted molar refractivity (Wildman–Crippen MR) is 146 cm³/mol. The standard InChI is InChI=1S/C27H30N2O7S2/c1-34-25(32)21-22(26(33)35-2)38-27(37-21)19-13-11-18(12-14-19)23(30)29-20(10-6-7-15-28)24(31)36-16-17-8-4-3-5-9-17/h3-5,8-9,11-14,20,27H,6-7,10,15-16,28H2,1-2H3,(H,29,30)/t20-/m0/s1. The van der Waals surface area contributed by atoms with Crippen LogP contribution in [0.1, 0.15) is 45.3 Å². The monoisotopic (exact) mass is 558 g/mol. The number of thioether (sulfide) groups is 2. The van der Waals surface area contributed by atoms with Crippen LogP contribution < -0.4 is 11.1 Å². The zero-order valence-electron chi connectivity index (χ0n) is 21.1. The van der Waals surface area contributed by atoms with Gasteiger partial charge in [-0.05, 0) is 49.1 Å². The van der Waals surface area contributed by atoms with Crippen molar-refractivity contribution in [1.29, 1.82) is 0 Å². The predicted octanol–water partition coefficient (Wildman–Crippen LogP) is 3.69. The summed E-state index contributed by atoms with van der Waals surface area (Å²) in [5.41, 5.74) is 7.59. The summed E-state index contributed by atoms with van der Waals surface area (Å²) in [6, 6.07) is 15.2. The highest BCUT2D eigenvalue weighted by atomic mass is 32.2. The maximum atomic E-state index is 13.0. The van der Waals surface area contributed by atoms with Crippen molar-refractivity contribution in [2.75, 3.05) is 20.8 Å². The quantitative estimate of drug-likeness (QED) is 0.226. The molecule has 11 heteroatoms. The molecule has 1 heterocycles. The number of esters is 3. The molecular formula is C27H30N2O7S2. The summed E-state index contributed by atoms with van der Waals surface area (Å²) < 4.78 is 14.7. The van der Waals surface area contributed by atoms with Gasteiger partial charge in [0.05, 0.1) is 18.8 Å². The molecule has 202 valence electrons. The molecule has 1 atom stereocenters. The first-order valence-corrected chi connectivity index (χ1v) is 13.7. The average Bonchev–Trinajstić information content (AvgIpc) is 3.41. The van der Waals surface area contributed by atoms with Crippen molar-refractivity contribution in [3.63, 3.8) is 0 Å². The summed E-state index contributed by atoms with van der Waals surface area (Å²) >= 11 is 2.37. The van der Waals surface area contributed by atoms with Gasteiger partial charge in [-0.25, -0.2) is 14.4 Å². The Morgan fingerprint density at radius 1 is 0.895 bits per heavy atom. The number of rotatable bonds is 12. The van der Waals surface area contributed by atoms with Crippen LogP contribution in [0.5, 0.6) is 0 Å². The minimum atomic E-state index is -0.812. The number of hydrogen-bond donors (Lipinski definition) is 2. The van der Waals surface area contributed by atoms with Crippen LogP contribution >= 0.6 is 23.5 Å². The lowest BCUT2D eigenvalue weighted by Gasteiger charge is -2.18. The smallest absolute Gasteiger partial charge is 0.345 e. The lowest BCUT2D eigenvalue weighted by Crippen LogP contribution is -2.41. The van der Waals surface area contributed by atoms with Gasteiger partial charge in [-0.1, -0.05) is 66.0 Å². The first-order chi connectivity index (χ1) is 18.4. The molecule has 0 radical (unpaired) electrons. The van der Waals surface area contributed by atoms with Crippen LogP contribution in [0, 0.1) is 0 Å². The molecule has 1 aliphatic heterocycles. The van der Waals surface area contributed by atoms with E-state index in [9.17, 15) is 19.2 Å². The van der Waals surface area contributed by atoms with Crippen LogP contribution in [0.25, 0.3) is 0 Å². The fourth-order valence-electron chi connectivity index (χ4n) is 3.55. The number of benzene rings is 2. The van der Waals surface area contributed by atoms with Crippen molar-refractivity contribution in [3.05, 3.63) is 81.1 Å². The third-order valence-corrected chi connectivity index (χ3v) is 8.50. The first kappa shape index (κ1) is 29.3. The highest BCUT2D eigenvalue weighted by Gasteiger charge is 2.36. The van der Waals surface area contributed by atoms with Crippen molar-refractivity contribution < 1.29 is 33.4 Å². The summed E-state index contributed by atoms with van der Waals surface area (Å²) in [5.74, 6) is -2.14. The van der Waals surface area contributed by atoms with Gasteiger partial charge in [0.25, 0.3) is 5.91 Å². The third kappa shape index (κ3) is 7.86. The molecule has 3 N–H and O–H groups in total. The number of amides is 1. The van der Waals surface area contributed by atoms with Gasteiger partial charge in [0.15, 0.2) is 0 Å². The van der Waals surface area contributed by atoms with E-state index in [-0.39, 0.29) is 21.0 Å². The number of carbonyl (C=O) groups excluding carboxylic acids is 4. The number of nitrogens with two attached hydrogens (primary N) is 1. The lowest BCUT2D eigenvalue weighted by atomic mass is 10.1. The SMILES string of the molecule is COC(=O)C1=C(C(=O)OC)SC(c2ccc(C(=O)N[C@@H](CCCCN)C(=O)OCc3ccccc3)cc2)S1. The number of ether oxygens (including phenoxy) is 3. The second-order valence-corrected chi connectivity index (χ2v) is 10.8. The zero-order valence-corrected chi connectivity index (χ0v) is 22.8. The van der Waals surface area contributed by atoms with E-state index in [0.29, 0.717) is 24.9 Å².